The molecular formula is C24H22N4O4. The Labute approximate surface area is 183 Å². The molecule has 2 aromatic heterocycles. The highest BCUT2D eigenvalue weighted by Gasteiger charge is 2.21. The molecule has 0 fully saturated rings. The van der Waals surface area contributed by atoms with Crippen molar-refractivity contribution in [2.75, 3.05) is 0 Å². The Morgan fingerprint density at radius 3 is 2.62 bits per heavy atom. The number of nitrogens with one attached hydrogen (secondary N) is 2. The molecule has 0 radical (unpaired) electrons. The number of carboxylic acid groups (broad SMARTS) is 1. The molecule has 2 aromatic carbocycles. The minimum absolute atomic E-state index is 0.256. The van der Waals surface area contributed by atoms with Crippen LogP contribution in [0.1, 0.15) is 22.3 Å². The van der Waals surface area contributed by atoms with Gasteiger partial charge in [0.1, 0.15) is 6.04 Å². The van der Waals surface area contributed by atoms with E-state index in [1.165, 1.54) is 4.57 Å². The highest BCUT2D eigenvalue weighted by molar-refractivity contribution is 5.97. The predicted octanol–water partition coefficient (Wildman–Crippen LogP) is 2.74. The maximum atomic E-state index is 12.8. The van der Waals surface area contributed by atoms with Crippen LogP contribution in [-0.4, -0.2) is 37.6 Å². The van der Waals surface area contributed by atoms with Crippen LogP contribution in [0, 0.1) is 0 Å². The van der Waals surface area contributed by atoms with Crippen LogP contribution in [0.4, 0.5) is 0 Å². The topological polar surface area (TPSA) is 117 Å². The highest BCUT2D eigenvalue weighted by atomic mass is 16.4. The van der Waals surface area contributed by atoms with E-state index in [1.807, 2.05) is 42.5 Å². The van der Waals surface area contributed by atoms with E-state index < -0.39 is 17.9 Å². The molecule has 0 bridgehead atoms. The number of imidazole rings is 1. The fourth-order valence-corrected chi connectivity index (χ4v) is 3.55. The van der Waals surface area contributed by atoms with E-state index in [2.05, 4.69) is 15.3 Å². The molecule has 0 saturated heterocycles. The van der Waals surface area contributed by atoms with Gasteiger partial charge in [0.05, 0.1) is 5.52 Å². The van der Waals surface area contributed by atoms with Crippen LogP contribution >= 0.6 is 0 Å². The summed E-state index contributed by atoms with van der Waals surface area (Å²) < 4.78 is 1.46. The summed E-state index contributed by atoms with van der Waals surface area (Å²) in [5.41, 5.74) is 3.70. The van der Waals surface area contributed by atoms with Crippen molar-refractivity contribution < 1.29 is 14.7 Å². The normalized spacial score (nSPS) is 11.9. The third-order valence-electron chi connectivity index (χ3n) is 5.38. The van der Waals surface area contributed by atoms with E-state index in [4.69, 9.17) is 0 Å². The molecule has 0 saturated carbocycles. The summed E-state index contributed by atoms with van der Waals surface area (Å²) >= 11 is 0. The zero-order chi connectivity index (χ0) is 22.7. The van der Waals surface area contributed by atoms with Crippen LogP contribution < -0.4 is 11.0 Å². The molecule has 0 aliphatic rings. The molecule has 3 N–H and O–H groups in total. The second kappa shape index (κ2) is 8.89. The summed E-state index contributed by atoms with van der Waals surface area (Å²) in [6, 6.07) is 17.2. The van der Waals surface area contributed by atoms with E-state index >= 15 is 0 Å². The van der Waals surface area contributed by atoms with Crippen LogP contribution in [0.5, 0.6) is 0 Å². The Morgan fingerprint density at radius 2 is 1.88 bits per heavy atom. The van der Waals surface area contributed by atoms with Gasteiger partial charge >= 0.3 is 11.7 Å². The fraction of sp³-hybridized carbons (Fsp3) is 0.167. The van der Waals surface area contributed by atoms with Crippen molar-refractivity contribution >= 4 is 23.0 Å². The molecule has 0 spiro atoms. The minimum atomic E-state index is -1.08. The van der Waals surface area contributed by atoms with Gasteiger partial charge in [0.15, 0.2) is 5.65 Å². The molecule has 4 rings (SSSR count). The van der Waals surface area contributed by atoms with Crippen molar-refractivity contribution in [2.45, 2.75) is 18.9 Å². The molecule has 162 valence electrons. The Hall–Kier alpha value is -4.20. The third-order valence-corrected chi connectivity index (χ3v) is 5.38. The lowest BCUT2D eigenvalue weighted by Crippen LogP contribution is -2.41. The number of carbonyl (C=O) groups is 2. The minimum Gasteiger partial charge on any atom is -0.480 e. The van der Waals surface area contributed by atoms with Gasteiger partial charge in [-0.2, -0.15) is 0 Å². The fourth-order valence-electron chi connectivity index (χ4n) is 3.55. The first-order valence-corrected chi connectivity index (χ1v) is 10.1. The second-order valence-electron chi connectivity index (χ2n) is 7.55. The molecule has 1 unspecified atom stereocenters. The maximum Gasteiger partial charge on any atom is 0.327 e. The molecule has 0 aliphatic heterocycles. The number of aliphatic carboxylic acids is 1. The quantitative estimate of drug-likeness (QED) is 0.417. The summed E-state index contributed by atoms with van der Waals surface area (Å²) in [7, 11) is 1.65. The number of aromatic amines is 1. The Bertz CT molecular complexity index is 1340. The number of nitrogens with zero attached hydrogens (tertiary/aromatic N) is 2. The van der Waals surface area contributed by atoms with Crippen molar-refractivity contribution in [3.05, 3.63) is 88.5 Å². The lowest BCUT2D eigenvalue weighted by atomic mass is 10.0. The van der Waals surface area contributed by atoms with Gasteiger partial charge in [-0.05, 0) is 42.2 Å². The maximum absolute atomic E-state index is 12.8. The number of H-pyrrole nitrogens is 1. The number of amides is 1. The number of rotatable bonds is 7. The number of benzene rings is 2. The van der Waals surface area contributed by atoms with Gasteiger partial charge in [0.2, 0.25) is 0 Å². The number of hydrogen-bond donors (Lipinski definition) is 3. The van der Waals surface area contributed by atoms with Crippen molar-refractivity contribution in [2.24, 2.45) is 7.05 Å². The van der Waals surface area contributed by atoms with Gasteiger partial charge in [-0.3, -0.25) is 14.3 Å². The summed E-state index contributed by atoms with van der Waals surface area (Å²) in [6.45, 7) is 0. The Balaban J connectivity index is 1.53. The average Bonchev–Trinajstić information content (AvgIpc) is 3.10. The lowest BCUT2D eigenvalue weighted by Gasteiger charge is -2.15. The number of aromatic nitrogens is 3. The molecule has 1 amide bonds. The summed E-state index contributed by atoms with van der Waals surface area (Å²) in [4.78, 5) is 43.2. The van der Waals surface area contributed by atoms with Crippen molar-refractivity contribution in [1.82, 2.24) is 19.9 Å². The zero-order valence-electron chi connectivity index (χ0n) is 17.4. The monoisotopic (exact) mass is 430 g/mol. The standard InChI is InChI=1S/C24H22N4O4/c1-28-20-13-18(14-25-21(20)27-24(28)32)16-8-5-9-17(12-16)22(29)26-19(23(30)31)11-10-15-6-3-2-4-7-15/h2-9,12-14,19H,10-11H2,1H3,(H,26,29)(H,30,31)(H,25,27,32). The molecular weight excluding hydrogens is 408 g/mol. The summed E-state index contributed by atoms with van der Waals surface area (Å²) in [5.74, 6) is -1.54. The molecule has 8 heteroatoms. The van der Waals surface area contributed by atoms with E-state index in [-0.39, 0.29) is 12.1 Å². The van der Waals surface area contributed by atoms with Crippen LogP contribution in [0.25, 0.3) is 22.3 Å². The Morgan fingerprint density at radius 1 is 1.09 bits per heavy atom. The van der Waals surface area contributed by atoms with Gasteiger partial charge in [-0.15, -0.1) is 0 Å². The molecule has 1 atom stereocenters. The molecule has 8 nitrogen and oxygen atoms in total. The predicted molar refractivity (Wildman–Crippen MR) is 120 cm³/mol. The zero-order valence-corrected chi connectivity index (χ0v) is 17.4. The van der Waals surface area contributed by atoms with Crippen LogP contribution in [-0.2, 0) is 18.3 Å². The number of fused-ring (bicyclic) bond motifs is 1. The lowest BCUT2D eigenvalue weighted by molar-refractivity contribution is -0.139. The van der Waals surface area contributed by atoms with E-state index in [0.29, 0.717) is 23.1 Å². The molecule has 0 aliphatic carbocycles. The van der Waals surface area contributed by atoms with E-state index in [1.54, 1.807) is 31.4 Å². The number of aryl methyl sites for hydroxylation is 2. The molecule has 2 heterocycles. The van der Waals surface area contributed by atoms with Gasteiger partial charge in [-0.1, -0.05) is 42.5 Å². The largest absolute Gasteiger partial charge is 0.480 e. The summed E-state index contributed by atoms with van der Waals surface area (Å²) in [5, 5.41) is 12.2. The van der Waals surface area contributed by atoms with Crippen LogP contribution in [0.3, 0.4) is 0 Å². The van der Waals surface area contributed by atoms with Gasteiger partial charge in [0.25, 0.3) is 5.91 Å². The third kappa shape index (κ3) is 4.44. The van der Waals surface area contributed by atoms with Gasteiger partial charge in [-0.25, -0.2) is 14.6 Å². The number of pyridine rings is 1. The molecule has 4 aromatic rings. The van der Waals surface area contributed by atoms with Crippen molar-refractivity contribution in [1.29, 1.82) is 0 Å². The van der Waals surface area contributed by atoms with Crippen molar-refractivity contribution in [3.8, 4) is 11.1 Å². The first-order chi connectivity index (χ1) is 15.4. The first-order valence-electron chi connectivity index (χ1n) is 10.1. The van der Waals surface area contributed by atoms with Gasteiger partial charge in [0, 0.05) is 24.4 Å². The smallest absolute Gasteiger partial charge is 0.327 e. The van der Waals surface area contributed by atoms with Crippen LogP contribution in [0.15, 0.2) is 71.7 Å². The number of carbonyl (C=O) groups excluding carboxylic acids is 1. The van der Waals surface area contributed by atoms with Crippen LogP contribution in [0.2, 0.25) is 0 Å². The second-order valence-corrected chi connectivity index (χ2v) is 7.55. The van der Waals surface area contributed by atoms with E-state index in [0.717, 1.165) is 16.7 Å². The van der Waals surface area contributed by atoms with E-state index in [9.17, 15) is 19.5 Å². The highest BCUT2D eigenvalue weighted by Crippen LogP contribution is 2.22. The SMILES string of the molecule is Cn1c(=O)[nH]c2ncc(-c3cccc(C(=O)NC(CCc4ccccc4)C(=O)O)c3)cc21. The van der Waals surface area contributed by atoms with Gasteiger partial charge < -0.3 is 10.4 Å². The first kappa shape index (κ1) is 21.0. The number of hydrogen-bond acceptors (Lipinski definition) is 4. The summed E-state index contributed by atoms with van der Waals surface area (Å²) in [6.07, 6.45) is 2.45. The average molecular weight is 430 g/mol. The Kier molecular flexibility index (Phi) is 5.85. The van der Waals surface area contributed by atoms with Crippen molar-refractivity contribution in [3.63, 3.8) is 0 Å². The molecule has 32 heavy (non-hydrogen) atoms. The number of carboxylic acids is 1.